The Hall–Kier alpha value is -1.85. The maximum absolute atomic E-state index is 11.1. The Balaban J connectivity index is 1.71. The van der Waals surface area contributed by atoms with Crippen LogP contribution < -0.4 is 10.2 Å². The van der Waals surface area contributed by atoms with E-state index in [1.807, 2.05) is 11.0 Å². The van der Waals surface area contributed by atoms with E-state index in [4.69, 9.17) is 5.11 Å². The van der Waals surface area contributed by atoms with Gasteiger partial charge in [0, 0.05) is 25.2 Å². The van der Waals surface area contributed by atoms with E-state index in [9.17, 15) is 4.79 Å². The van der Waals surface area contributed by atoms with Crippen LogP contribution in [-0.4, -0.2) is 40.2 Å². The molecule has 1 atom stereocenters. The van der Waals surface area contributed by atoms with Crippen LogP contribution in [0.2, 0.25) is 0 Å². The number of carboxylic acids is 1. The highest BCUT2D eigenvalue weighted by atomic mass is 16.4. The molecule has 6 heteroatoms. The predicted molar refractivity (Wildman–Crippen MR) is 71.2 cm³/mol. The van der Waals surface area contributed by atoms with E-state index >= 15 is 0 Å². The molecule has 1 saturated heterocycles. The number of aromatic nitrogens is 2. The van der Waals surface area contributed by atoms with Crippen LogP contribution >= 0.6 is 0 Å². The van der Waals surface area contributed by atoms with Crippen molar-refractivity contribution in [2.75, 3.05) is 23.3 Å². The molecule has 3 rings (SSSR count). The second-order valence-electron chi connectivity index (χ2n) is 5.30. The van der Waals surface area contributed by atoms with Crippen molar-refractivity contribution in [3.8, 4) is 0 Å². The van der Waals surface area contributed by atoms with Gasteiger partial charge in [-0.05, 0) is 25.7 Å². The van der Waals surface area contributed by atoms with Gasteiger partial charge in [-0.25, -0.2) is 9.97 Å². The Labute approximate surface area is 111 Å². The van der Waals surface area contributed by atoms with Crippen molar-refractivity contribution in [2.24, 2.45) is 5.92 Å². The smallest absolute Gasteiger partial charge is 0.308 e. The van der Waals surface area contributed by atoms with Gasteiger partial charge in [0.15, 0.2) is 0 Å². The summed E-state index contributed by atoms with van der Waals surface area (Å²) in [5, 5.41) is 12.4. The summed E-state index contributed by atoms with van der Waals surface area (Å²) in [5.41, 5.74) is 0. The first-order valence-corrected chi connectivity index (χ1v) is 6.79. The number of carboxylic acid groups (broad SMARTS) is 1. The summed E-state index contributed by atoms with van der Waals surface area (Å²) >= 11 is 0. The monoisotopic (exact) mass is 262 g/mol. The van der Waals surface area contributed by atoms with E-state index in [-0.39, 0.29) is 5.92 Å². The maximum Gasteiger partial charge on any atom is 0.308 e. The lowest BCUT2D eigenvalue weighted by atomic mass is 9.98. The van der Waals surface area contributed by atoms with Gasteiger partial charge in [0.25, 0.3) is 0 Å². The minimum absolute atomic E-state index is 0.288. The number of carbonyl (C=O) groups is 1. The van der Waals surface area contributed by atoms with Gasteiger partial charge in [-0.1, -0.05) is 0 Å². The highest BCUT2D eigenvalue weighted by molar-refractivity contribution is 5.71. The fourth-order valence-corrected chi connectivity index (χ4v) is 2.42. The molecule has 2 heterocycles. The summed E-state index contributed by atoms with van der Waals surface area (Å²) < 4.78 is 0. The van der Waals surface area contributed by atoms with Gasteiger partial charge in [-0.15, -0.1) is 0 Å². The molecule has 2 aliphatic rings. The minimum atomic E-state index is -0.713. The molecule has 19 heavy (non-hydrogen) atoms. The van der Waals surface area contributed by atoms with Crippen molar-refractivity contribution in [2.45, 2.75) is 31.7 Å². The standard InChI is InChI=1S/C13H18N4O2/c18-13(19)9-2-1-5-17(7-9)12-6-11(14-8-15-12)16-10-3-4-10/h6,8-10H,1-5,7H2,(H,18,19)(H,14,15,16)/t9-/m1/s1. The van der Waals surface area contributed by atoms with Gasteiger partial charge in [0.2, 0.25) is 0 Å². The first-order valence-electron chi connectivity index (χ1n) is 6.79. The quantitative estimate of drug-likeness (QED) is 0.853. The number of nitrogens with zero attached hydrogens (tertiary/aromatic N) is 3. The molecular weight excluding hydrogens is 244 g/mol. The third-order valence-electron chi connectivity index (χ3n) is 3.68. The maximum atomic E-state index is 11.1. The number of hydrogen-bond acceptors (Lipinski definition) is 5. The number of rotatable bonds is 4. The zero-order valence-corrected chi connectivity index (χ0v) is 10.7. The molecule has 0 amide bonds. The SMILES string of the molecule is O=C(O)[C@@H]1CCCN(c2cc(NC3CC3)ncn2)C1. The molecule has 0 radical (unpaired) electrons. The lowest BCUT2D eigenvalue weighted by molar-refractivity contribution is -0.141. The molecule has 1 aliphatic carbocycles. The largest absolute Gasteiger partial charge is 0.481 e. The predicted octanol–water partition coefficient (Wildman–Crippen LogP) is 1.35. The van der Waals surface area contributed by atoms with Crippen molar-refractivity contribution < 1.29 is 9.90 Å². The summed E-state index contributed by atoms with van der Waals surface area (Å²) in [4.78, 5) is 21.6. The zero-order chi connectivity index (χ0) is 13.2. The van der Waals surface area contributed by atoms with Crippen LogP contribution in [0.15, 0.2) is 12.4 Å². The van der Waals surface area contributed by atoms with E-state index in [0.717, 1.165) is 31.0 Å². The Kier molecular flexibility index (Phi) is 3.23. The fourth-order valence-electron chi connectivity index (χ4n) is 2.42. The van der Waals surface area contributed by atoms with Gasteiger partial charge in [0.1, 0.15) is 18.0 Å². The van der Waals surface area contributed by atoms with Crippen molar-refractivity contribution in [3.05, 3.63) is 12.4 Å². The molecule has 1 aliphatic heterocycles. The first-order chi connectivity index (χ1) is 9.22. The second kappa shape index (κ2) is 5.03. The van der Waals surface area contributed by atoms with E-state index in [2.05, 4.69) is 15.3 Å². The van der Waals surface area contributed by atoms with Crippen LogP contribution in [0.3, 0.4) is 0 Å². The van der Waals surface area contributed by atoms with Crippen molar-refractivity contribution in [1.82, 2.24) is 9.97 Å². The fraction of sp³-hybridized carbons (Fsp3) is 0.615. The number of anilines is 2. The number of hydrogen-bond donors (Lipinski definition) is 2. The summed E-state index contributed by atoms with van der Waals surface area (Å²) in [6.45, 7) is 1.40. The molecule has 0 unspecified atom stereocenters. The molecule has 0 aromatic carbocycles. The van der Waals surface area contributed by atoms with Crippen LogP contribution in [0.4, 0.5) is 11.6 Å². The Morgan fingerprint density at radius 1 is 1.37 bits per heavy atom. The number of piperidine rings is 1. The molecule has 1 saturated carbocycles. The molecular formula is C13H18N4O2. The van der Waals surface area contributed by atoms with E-state index in [0.29, 0.717) is 12.6 Å². The van der Waals surface area contributed by atoms with Crippen molar-refractivity contribution in [3.63, 3.8) is 0 Å². The zero-order valence-electron chi connectivity index (χ0n) is 10.7. The van der Waals surface area contributed by atoms with Crippen molar-refractivity contribution >= 4 is 17.6 Å². The molecule has 0 spiro atoms. The normalized spacial score (nSPS) is 23.2. The lowest BCUT2D eigenvalue weighted by Gasteiger charge is -2.31. The number of aliphatic carboxylic acids is 1. The van der Waals surface area contributed by atoms with Crippen LogP contribution in [0.1, 0.15) is 25.7 Å². The van der Waals surface area contributed by atoms with Crippen LogP contribution in [0, 0.1) is 5.92 Å². The Morgan fingerprint density at radius 3 is 2.95 bits per heavy atom. The highest BCUT2D eigenvalue weighted by Crippen LogP contribution is 2.26. The first kappa shape index (κ1) is 12.2. The van der Waals surface area contributed by atoms with Gasteiger partial charge in [-0.3, -0.25) is 4.79 Å². The second-order valence-corrected chi connectivity index (χ2v) is 5.30. The number of nitrogens with one attached hydrogen (secondary N) is 1. The third kappa shape index (κ3) is 2.94. The van der Waals surface area contributed by atoms with Gasteiger partial charge in [-0.2, -0.15) is 0 Å². The summed E-state index contributed by atoms with van der Waals surface area (Å²) in [5.74, 6) is 0.660. The summed E-state index contributed by atoms with van der Waals surface area (Å²) in [7, 11) is 0. The Morgan fingerprint density at radius 2 is 2.21 bits per heavy atom. The molecule has 6 nitrogen and oxygen atoms in total. The van der Waals surface area contributed by atoms with E-state index in [1.165, 1.54) is 12.8 Å². The molecule has 102 valence electrons. The molecule has 1 aromatic heterocycles. The van der Waals surface area contributed by atoms with E-state index in [1.54, 1.807) is 6.33 Å². The third-order valence-corrected chi connectivity index (χ3v) is 3.68. The molecule has 2 N–H and O–H groups in total. The molecule has 1 aromatic rings. The van der Waals surface area contributed by atoms with E-state index < -0.39 is 5.97 Å². The van der Waals surface area contributed by atoms with Crippen LogP contribution in [-0.2, 0) is 4.79 Å². The summed E-state index contributed by atoms with van der Waals surface area (Å²) in [6, 6.07) is 2.47. The van der Waals surface area contributed by atoms with Crippen LogP contribution in [0.5, 0.6) is 0 Å². The molecule has 0 bridgehead atoms. The topological polar surface area (TPSA) is 78.4 Å². The van der Waals surface area contributed by atoms with Crippen molar-refractivity contribution in [1.29, 1.82) is 0 Å². The van der Waals surface area contributed by atoms with Gasteiger partial charge >= 0.3 is 5.97 Å². The Bertz CT molecular complexity index is 475. The van der Waals surface area contributed by atoms with Gasteiger partial charge in [0.05, 0.1) is 5.92 Å². The summed E-state index contributed by atoms with van der Waals surface area (Å²) in [6.07, 6.45) is 5.59. The lowest BCUT2D eigenvalue weighted by Crippen LogP contribution is -2.39. The average molecular weight is 262 g/mol. The molecule has 2 fully saturated rings. The minimum Gasteiger partial charge on any atom is -0.481 e. The van der Waals surface area contributed by atoms with Crippen LogP contribution in [0.25, 0.3) is 0 Å². The van der Waals surface area contributed by atoms with Gasteiger partial charge < -0.3 is 15.3 Å². The average Bonchev–Trinajstić information content (AvgIpc) is 3.23. The highest BCUT2D eigenvalue weighted by Gasteiger charge is 2.26.